The van der Waals surface area contributed by atoms with Crippen molar-refractivity contribution in [3.8, 4) is 0 Å². The average Bonchev–Trinajstić information content (AvgIpc) is 2.41. The van der Waals surface area contributed by atoms with Crippen molar-refractivity contribution in [2.75, 3.05) is 6.61 Å². The molecule has 1 N–H and O–H groups in total. The van der Waals surface area contributed by atoms with E-state index in [1.54, 1.807) is 0 Å². The van der Waals surface area contributed by atoms with Crippen LogP contribution in [0.3, 0.4) is 0 Å². The Kier molecular flexibility index (Phi) is 3.45. The Morgan fingerprint density at radius 3 is 2.50 bits per heavy atom. The Hall–Kier alpha value is -0.170. The van der Waals surface area contributed by atoms with E-state index in [0.29, 0.717) is 12.0 Å². The lowest BCUT2D eigenvalue weighted by molar-refractivity contribution is 0.217. The van der Waals surface area contributed by atoms with E-state index in [4.69, 9.17) is 5.11 Å². The molecule has 4 atom stereocenters. The molecule has 0 spiro atoms. The lowest BCUT2D eigenvalue weighted by Crippen LogP contribution is -2.27. The zero-order chi connectivity index (χ0) is 9.14. The Balaban J connectivity index is 2.70. The zero-order valence-corrected chi connectivity index (χ0v) is 8.34. The van der Waals surface area contributed by atoms with E-state index in [1.165, 1.54) is 0 Å². The van der Waals surface area contributed by atoms with Crippen molar-refractivity contribution in [1.82, 2.24) is 4.67 Å². The van der Waals surface area contributed by atoms with Gasteiger partial charge in [0.05, 0.1) is 0 Å². The minimum atomic E-state index is 0.228. The Morgan fingerprint density at radius 1 is 1.50 bits per heavy atom. The third-order valence-corrected chi connectivity index (χ3v) is 3.23. The third-order valence-electron chi connectivity index (χ3n) is 2.50. The van der Waals surface area contributed by atoms with Crippen LogP contribution in [-0.2, 0) is 0 Å². The van der Waals surface area contributed by atoms with Crippen molar-refractivity contribution >= 4 is 9.39 Å². The van der Waals surface area contributed by atoms with Gasteiger partial charge in [-0.3, -0.25) is 4.67 Å². The highest BCUT2D eigenvalue weighted by atomic mass is 31.0. The lowest BCUT2D eigenvalue weighted by atomic mass is 10.0. The molecule has 1 rings (SSSR count). The first kappa shape index (κ1) is 9.91. The highest BCUT2D eigenvalue weighted by Gasteiger charge is 2.34. The van der Waals surface area contributed by atoms with Crippen molar-refractivity contribution < 1.29 is 5.11 Å². The Labute approximate surface area is 76.2 Å². The van der Waals surface area contributed by atoms with Gasteiger partial charge in [0.1, 0.15) is 0 Å². The van der Waals surface area contributed by atoms with E-state index >= 15 is 0 Å². The first-order chi connectivity index (χ1) is 5.74. The molecule has 0 aromatic carbocycles. The second-order valence-corrected chi connectivity index (χ2v) is 3.75. The average molecular weight is 185 g/mol. The normalized spacial score (nSPS) is 36.7. The van der Waals surface area contributed by atoms with Gasteiger partial charge >= 0.3 is 0 Å². The molecule has 0 radical (unpaired) electrons. The highest BCUT2D eigenvalue weighted by molar-refractivity contribution is 7.13. The van der Waals surface area contributed by atoms with Crippen LogP contribution in [0.25, 0.3) is 0 Å². The van der Waals surface area contributed by atoms with Gasteiger partial charge in [-0.05, 0) is 6.42 Å². The smallest absolute Gasteiger partial charge is 0.0478 e. The van der Waals surface area contributed by atoms with Gasteiger partial charge in [0.15, 0.2) is 0 Å². The van der Waals surface area contributed by atoms with Gasteiger partial charge in [-0.25, -0.2) is 0 Å². The molecule has 0 saturated carbocycles. The van der Waals surface area contributed by atoms with Crippen molar-refractivity contribution in [2.24, 2.45) is 5.92 Å². The van der Waals surface area contributed by atoms with Crippen LogP contribution in [-0.4, -0.2) is 28.5 Å². The molecule has 1 fully saturated rings. The van der Waals surface area contributed by atoms with Gasteiger partial charge in [0, 0.05) is 24.6 Å². The summed E-state index contributed by atoms with van der Waals surface area (Å²) in [4.78, 5) is 0. The maximum atomic E-state index is 9.08. The summed E-state index contributed by atoms with van der Waals surface area (Å²) in [7, 11) is 2.67. The number of aliphatic hydroxyl groups excluding tert-OH is 1. The molecule has 1 aliphatic rings. The molecule has 0 aromatic rings. The first-order valence-corrected chi connectivity index (χ1v) is 4.65. The third kappa shape index (κ3) is 1.61. The van der Waals surface area contributed by atoms with Gasteiger partial charge in [-0.2, -0.15) is 0 Å². The van der Waals surface area contributed by atoms with E-state index in [1.807, 2.05) is 12.2 Å². The SMILES string of the molecule is C=C[C@H]1C[C@@H](CO)[C@H](C=C)N1P. The number of hydrogen-bond acceptors (Lipinski definition) is 2. The quantitative estimate of drug-likeness (QED) is 0.527. The maximum Gasteiger partial charge on any atom is 0.0478 e. The summed E-state index contributed by atoms with van der Waals surface area (Å²) in [6.45, 7) is 7.75. The largest absolute Gasteiger partial charge is 0.396 e. The van der Waals surface area contributed by atoms with Gasteiger partial charge in [0.2, 0.25) is 0 Å². The molecule has 3 heteroatoms. The van der Waals surface area contributed by atoms with E-state index in [-0.39, 0.29) is 12.6 Å². The second kappa shape index (κ2) is 4.18. The van der Waals surface area contributed by atoms with E-state index in [0.717, 1.165) is 6.42 Å². The fraction of sp³-hybridized carbons (Fsp3) is 0.556. The Bertz CT molecular complexity index is 183. The molecule has 0 aliphatic carbocycles. The molecule has 0 aromatic heterocycles. The molecular weight excluding hydrogens is 169 g/mol. The summed E-state index contributed by atoms with van der Waals surface area (Å²) >= 11 is 0. The van der Waals surface area contributed by atoms with Crippen LogP contribution in [0, 0.1) is 5.92 Å². The summed E-state index contributed by atoms with van der Waals surface area (Å²) in [5.41, 5.74) is 0. The minimum absolute atomic E-state index is 0.228. The molecule has 1 unspecified atom stereocenters. The molecule has 12 heavy (non-hydrogen) atoms. The summed E-state index contributed by atoms with van der Waals surface area (Å²) in [5.74, 6) is 0.308. The summed E-state index contributed by atoms with van der Waals surface area (Å²) in [6.07, 6.45) is 4.77. The van der Waals surface area contributed by atoms with Gasteiger partial charge in [-0.1, -0.05) is 21.5 Å². The van der Waals surface area contributed by atoms with Crippen LogP contribution in [0.5, 0.6) is 0 Å². The number of nitrogens with zero attached hydrogens (tertiary/aromatic N) is 1. The fourth-order valence-corrected chi connectivity index (χ4v) is 2.36. The van der Waals surface area contributed by atoms with Crippen LogP contribution >= 0.6 is 9.39 Å². The van der Waals surface area contributed by atoms with Crippen LogP contribution in [0.15, 0.2) is 25.3 Å². The van der Waals surface area contributed by atoms with E-state index < -0.39 is 0 Å². The van der Waals surface area contributed by atoms with Crippen LogP contribution in [0.1, 0.15) is 6.42 Å². The summed E-state index contributed by atoms with van der Waals surface area (Å²) < 4.78 is 2.13. The summed E-state index contributed by atoms with van der Waals surface area (Å²) in [6, 6.07) is 0.623. The second-order valence-electron chi connectivity index (χ2n) is 3.15. The molecule has 1 saturated heterocycles. The van der Waals surface area contributed by atoms with Gasteiger partial charge in [0.25, 0.3) is 0 Å². The molecule has 0 bridgehead atoms. The molecule has 2 nitrogen and oxygen atoms in total. The van der Waals surface area contributed by atoms with Crippen LogP contribution in [0.2, 0.25) is 0 Å². The molecule has 1 heterocycles. The molecule has 0 amide bonds. The summed E-state index contributed by atoms with van der Waals surface area (Å²) in [5, 5.41) is 9.08. The van der Waals surface area contributed by atoms with Gasteiger partial charge in [-0.15, -0.1) is 13.2 Å². The zero-order valence-electron chi connectivity index (χ0n) is 7.19. The Morgan fingerprint density at radius 2 is 2.17 bits per heavy atom. The predicted octanol–water partition coefficient (Wildman–Crippen LogP) is 1.20. The van der Waals surface area contributed by atoms with Crippen molar-refractivity contribution in [3.05, 3.63) is 25.3 Å². The van der Waals surface area contributed by atoms with Crippen molar-refractivity contribution in [2.45, 2.75) is 18.5 Å². The monoisotopic (exact) mass is 185 g/mol. The van der Waals surface area contributed by atoms with Crippen molar-refractivity contribution in [3.63, 3.8) is 0 Å². The number of aliphatic hydroxyl groups is 1. The molecular formula is C9H16NOP. The predicted molar refractivity (Wildman–Crippen MR) is 54.7 cm³/mol. The maximum absolute atomic E-state index is 9.08. The lowest BCUT2D eigenvalue weighted by Gasteiger charge is -2.21. The van der Waals surface area contributed by atoms with Gasteiger partial charge < -0.3 is 5.11 Å². The standard InChI is InChI=1S/C9H16NOP/c1-3-8-5-7(6-11)9(4-2)10(8)12/h3-4,7-9,11H,1-2,5-6,12H2/t7-,8-,9-/m0/s1. The van der Waals surface area contributed by atoms with E-state index in [9.17, 15) is 0 Å². The minimum Gasteiger partial charge on any atom is -0.396 e. The molecule has 1 aliphatic heterocycles. The van der Waals surface area contributed by atoms with Crippen molar-refractivity contribution in [1.29, 1.82) is 0 Å². The highest BCUT2D eigenvalue weighted by Crippen LogP contribution is 2.33. The number of rotatable bonds is 3. The first-order valence-electron chi connectivity index (χ1n) is 4.13. The van der Waals surface area contributed by atoms with Crippen LogP contribution in [0.4, 0.5) is 0 Å². The number of hydrogen-bond donors (Lipinski definition) is 1. The molecule has 68 valence electrons. The topological polar surface area (TPSA) is 23.5 Å². The van der Waals surface area contributed by atoms with E-state index in [2.05, 4.69) is 27.2 Å². The van der Waals surface area contributed by atoms with Crippen LogP contribution < -0.4 is 0 Å². The fourth-order valence-electron chi connectivity index (χ4n) is 1.75.